The molecule has 1 amide bonds. The fraction of sp³-hybridized carbons (Fsp3) is 0.160. The smallest absolute Gasteiger partial charge is 0.231 e. The van der Waals surface area contributed by atoms with Crippen molar-refractivity contribution in [3.63, 3.8) is 0 Å². The molecule has 1 atom stereocenters. The molecule has 0 spiro atoms. The Morgan fingerprint density at radius 2 is 1.46 bits per heavy atom. The van der Waals surface area contributed by atoms with E-state index in [-0.39, 0.29) is 11.8 Å². The van der Waals surface area contributed by atoms with Crippen LogP contribution in [-0.2, 0) is 4.79 Å². The molecule has 1 N–H and O–H groups in total. The first kappa shape index (κ1) is 19.3. The van der Waals surface area contributed by atoms with Crippen LogP contribution in [0, 0.1) is 11.8 Å². The van der Waals surface area contributed by atoms with Crippen molar-refractivity contribution < 1.29 is 9.53 Å². The van der Waals surface area contributed by atoms with Gasteiger partial charge in [-0.3, -0.25) is 4.79 Å². The highest BCUT2D eigenvalue weighted by Crippen LogP contribution is 2.18. The van der Waals surface area contributed by atoms with Crippen LogP contribution in [-0.4, -0.2) is 12.5 Å². The third-order valence-electron chi connectivity index (χ3n) is 4.36. The van der Waals surface area contributed by atoms with Gasteiger partial charge in [-0.05, 0) is 67.9 Å². The summed E-state index contributed by atoms with van der Waals surface area (Å²) >= 11 is 0. The van der Waals surface area contributed by atoms with E-state index in [4.69, 9.17) is 4.74 Å². The van der Waals surface area contributed by atoms with Gasteiger partial charge in [-0.2, -0.15) is 0 Å². The minimum Gasteiger partial charge on any atom is -0.494 e. The van der Waals surface area contributed by atoms with E-state index >= 15 is 0 Å². The third kappa shape index (κ3) is 5.25. The Hall–Kier alpha value is -3.51. The summed E-state index contributed by atoms with van der Waals surface area (Å²) in [6.07, 6.45) is 0. The van der Waals surface area contributed by atoms with Gasteiger partial charge in [0, 0.05) is 16.8 Å². The molecule has 0 fully saturated rings. The first-order valence-corrected chi connectivity index (χ1v) is 9.36. The van der Waals surface area contributed by atoms with Gasteiger partial charge >= 0.3 is 0 Å². The van der Waals surface area contributed by atoms with Gasteiger partial charge in [0.2, 0.25) is 5.91 Å². The number of carbonyl (C=O) groups is 1. The lowest BCUT2D eigenvalue weighted by Gasteiger charge is -2.12. The van der Waals surface area contributed by atoms with Gasteiger partial charge < -0.3 is 10.1 Å². The maximum Gasteiger partial charge on any atom is 0.231 e. The second-order valence-corrected chi connectivity index (χ2v) is 6.41. The molecular formula is C25H23NO2. The topological polar surface area (TPSA) is 38.3 Å². The Bertz CT molecular complexity index is 965. The van der Waals surface area contributed by atoms with Crippen molar-refractivity contribution in [1.29, 1.82) is 0 Å². The van der Waals surface area contributed by atoms with E-state index in [0.29, 0.717) is 6.61 Å². The summed E-state index contributed by atoms with van der Waals surface area (Å²) < 4.78 is 5.44. The number of nitrogens with one attached hydrogen (secondary N) is 1. The molecule has 0 aliphatic rings. The van der Waals surface area contributed by atoms with Crippen molar-refractivity contribution >= 4 is 11.6 Å². The van der Waals surface area contributed by atoms with Crippen LogP contribution in [0.1, 0.15) is 36.5 Å². The normalized spacial score (nSPS) is 11.1. The quantitative estimate of drug-likeness (QED) is 0.626. The fourth-order valence-electron chi connectivity index (χ4n) is 2.72. The van der Waals surface area contributed by atoms with E-state index < -0.39 is 0 Å². The highest BCUT2D eigenvalue weighted by molar-refractivity contribution is 5.95. The van der Waals surface area contributed by atoms with E-state index in [1.165, 1.54) is 0 Å². The summed E-state index contributed by atoms with van der Waals surface area (Å²) in [6.45, 7) is 4.52. The van der Waals surface area contributed by atoms with Crippen LogP contribution in [0.15, 0.2) is 78.9 Å². The lowest BCUT2D eigenvalue weighted by Crippen LogP contribution is -2.18. The largest absolute Gasteiger partial charge is 0.494 e. The van der Waals surface area contributed by atoms with Gasteiger partial charge in [0.05, 0.1) is 12.5 Å². The molecule has 0 saturated heterocycles. The number of anilines is 1. The van der Waals surface area contributed by atoms with Gasteiger partial charge in [0.1, 0.15) is 5.75 Å². The van der Waals surface area contributed by atoms with Crippen molar-refractivity contribution in [2.45, 2.75) is 19.8 Å². The molecular weight excluding hydrogens is 346 g/mol. The number of ether oxygens (including phenoxy) is 1. The fourth-order valence-corrected chi connectivity index (χ4v) is 2.72. The second kappa shape index (κ2) is 9.43. The summed E-state index contributed by atoms with van der Waals surface area (Å²) in [5.41, 5.74) is 3.61. The number of hydrogen-bond acceptors (Lipinski definition) is 2. The van der Waals surface area contributed by atoms with Crippen LogP contribution < -0.4 is 10.1 Å². The summed E-state index contributed by atoms with van der Waals surface area (Å²) in [6, 6.07) is 25.0. The summed E-state index contributed by atoms with van der Waals surface area (Å²) in [4.78, 5) is 12.4. The molecule has 140 valence electrons. The van der Waals surface area contributed by atoms with E-state index in [0.717, 1.165) is 28.1 Å². The summed E-state index contributed by atoms with van der Waals surface area (Å²) in [7, 11) is 0. The molecule has 3 rings (SSSR count). The van der Waals surface area contributed by atoms with Crippen molar-refractivity contribution in [3.05, 3.63) is 95.6 Å². The number of amides is 1. The van der Waals surface area contributed by atoms with E-state index in [1.807, 2.05) is 92.7 Å². The lowest BCUT2D eigenvalue weighted by atomic mass is 9.99. The Labute approximate surface area is 166 Å². The van der Waals surface area contributed by atoms with E-state index in [2.05, 4.69) is 17.2 Å². The standard InChI is InChI=1S/C25H23NO2/c1-3-28-24-17-13-21(14-18-24)10-9-20-11-15-22(16-12-20)19(2)25(27)26-23-7-5-4-6-8-23/h4-8,11-19H,3H2,1-2H3,(H,26,27). The molecule has 0 radical (unpaired) electrons. The van der Waals surface area contributed by atoms with Crippen molar-refractivity contribution in [2.75, 3.05) is 11.9 Å². The average Bonchev–Trinajstić information content (AvgIpc) is 2.74. The van der Waals surface area contributed by atoms with Gasteiger partial charge in [-0.15, -0.1) is 0 Å². The van der Waals surface area contributed by atoms with Crippen LogP contribution in [0.4, 0.5) is 5.69 Å². The zero-order valence-corrected chi connectivity index (χ0v) is 16.1. The highest BCUT2D eigenvalue weighted by atomic mass is 16.5. The Morgan fingerprint density at radius 1 is 0.893 bits per heavy atom. The van der Waals surface area contributed by atoms with Crippen molar-refractivity contribution in [3.8, 4) is 17.6 Å². The predicted octanol–water partition coefficient (Wildman–Crippen LogP) is 5.23. The molecule has 0 aromatic heterocycles. The molecule has 3 aromatic carbocycles. The molecule has 3 nitrogen and oxygen atoms in total. The van der Waals surface area contributed by atoms with Crippen molar-refractivity contribution in [2.24, 2.45) is 0 Å². The average molecular weight is 369 g/mol. The van der Waals surface area contributed by atoms with Crippen LogP contribution >= 0.6 is 0 Å². The Balaban J connectivity index is 1.64. The number of rotatable bonds is 5. The molecule has 3 heteroatoms. The minimum absolute atomic E-state index is 0.0283. The van der Waals surface area contributed by atoms with Gasteiger partial charge in [-0.1, -0.05) is 42.2 Å². The molecule has 28 heavy (non-hydrogen) atoms. The monoisotopic (exact) mass is 369 g/mol. The Morgan fingerprint density at radius 3 is 2.04 bits per heavy atom. The summed E-state index contributed by atoms with van der Waals surface area (Å²) in [5, 5.41) is 2.94. The van der Waals surface area contributed by atoms with Crippen LogP contribution in [0.3, 0.4) is 0 Å². The predicted molar refractivity (Wildman–Crippen MR) is 114 cm³/mol. The molecule has 0 bridgehead atoms. The number of hydrogen-bond donors (Lipinski definition) is 1. The molecule has 0 aliphatic heterocycles. The van der Waals surface area contributed by atoms with Crippen molar-refractivity contribution in [1.82, 2.24) is 0 Å². The van der Waals surface area contributed by atoms with E-state index in [1.54, 1.807) is 0 Å². The molecule has 0 aliphatic carbocycles. The first-order valence-electron chi connectivity index (χ1n) is 9.36. The zero-order chi connectivity index (χ0) is 19.8. The van der Waals surface area contributed by atoms with Gasteiger partial charge in [0.25, 0.3) is 0 Å². The number of para-hydroxylation sites is 1. The highest BCUT2D eigenvalue weighted by Gasteiger charge is 2.15. The lowest BCUT2D eigenvalue weighted by molar-refractivity contribution is -0.117. The molecule has 0 saturated carbocycles. The van der Waals surface area contributed by atoms with Crippen LogP contribution in [0.25, 0.3) is 0 Å². The van der Waals surface area contributed by atoms with Gasteiger partial charge in [-0.25, -0.2) is 0 Å². The Kier molecular flexibility index (Phi) is 6.49. The van der Waals surface area contributed by atoms with E-state index in [9.17, 15) is 4.79 Å². The maximum atomic E-state index is 12.4. The zero-order valence-electron chi connectivity index (χ0n) is 16.1. The van der Waals surface area contributed by atoms with Crippen LogP contribution in [0.2, 0.25) is 0 Å². The molecule has 3 aromatic rings. The molecule has 1 unspecified atom stereocenters. The number of carbonyl (C=O) groups excluding carboxylic acids is 1. The third-order valence-corrected chi connectivity index (χ3v) is 4.36. The minimum atomic E-state index is -0.242. The van der Waals surface area contributed by atoms with Gasteiger partial charge in [0.15, 0.2) is 0 Å². The first-order chi connectivity index (χ1) is 13.7. The molecule has 0 heterocycles. The summed E-state index contributed by atoms with van der Waals surface area (Å²) in [5.74, 6) is 6.88. The SMILES string of the molecule is CCOc1ccc(C#Cc2ccc(C(C)C(=O)Nc3ccccc3)cc2)cc1. The number of benzene rings is 3. The second-order valence-electron chi connectivity index (χ2n) is 6.41. The van der Waals surface area contributed by atoms with Crippen LogP contribution in [0.5, 0.6) is 5.75 Å². The maximum absolute atomic E-state index is 12.4.